The van der Waals surface area contributed by atoms with Gasteiger partial charge in [0.25, 0.3) is 0 Å². The monoisotopic (exact) mass is 772 g/mol. The van der Waals surface area contributed by atoms with Crippen molar-refractivity contribution in [1.82, 2.24) is 0 Å². The van der Waals surface area contributed by atoms with Crippen LogP contribution in [0.25, 0.3) is 0 Å². The van der Waals surface area contributed by atoms with Gasteiger partial charge in [-0.3, -0.25) is 14.4 Å². The molecule has 8 heteroatoms. The van der Waals surface area contributed by atoms with Crippen molar-refractivity contribution in [3.63, 3.8) is 0 Å². The Hall–Kier alpha value is -3.81. The van der Waals surface area contributed by atoms with E-state index in [4.69, 9.17) is 14.2 Å². The standard InChI is InChI=1S/C48H68O8/c1-12-13-14-25-43(52)54-33-38(26-27-42-44(6,7)30-40(55-37(5)49)31-46(42,10)53)24-18-22-35(3)20-16-15-19-34(2)21-17-23-36(4)41(51)32-48-45(8,9)28-39(50)29-47(48,11)56-48/h15-24,26,39-40,50,53H,12-14,25,28-33H2,1-11H3/b16-15+,21-17+,22-18+,34-19+,35-20+,36-23+,38-24-/t27?,39-,40-,46+,47+,48-/m1/s1. The molecule has 0 aromatic heterocycles. The summed E-state index contributed by atoms with van der Waals surface area (Å²) in [5, 5.41) is 21.7. The van der Waals surface area contributed by atoms with E-state index in [0.29, 0.717) is 43.3 Å². The summed E-state index contributed by atoms with van der Waals surface area (Å²) in [6.07, 6.45) is 25.8. The first-order valence-corrected chi connectivity index (χ1v) is 20.2. The number of allylic oxidation sites excluding steroid dienone is 13. The molecule has 8 nitrogen and oxygen atoms in total. The summed E-state index contributed by atoms with van der Waals surface area (Å²) >= 11 is 0. The molecule has 0 radical (unpaired) electrons. The summed E-state index contributed by atoms with van der Waals surface area (Å²) in [5.41, 5.74) is 4.50. The zero-order valence-electron chi connectivity index (χ0n) is 35.9. The number of aliphatic hydroxyl groups is 2. The Morgan fingerprint density at radius 2 is 1.46 bits per heavy atom. The number of ketones is 1. The summed E-state index contributed by atoms with van der Waals surface area (Å²) in [4.78, 5) is 37.2. The number of hydrogen-bond acceptors (Lipinski definition) is 8. The van der Waals surface area contributed by atoms with Crippen molar-refractivity contribution in [1.29, 1.82) is 0 Å². The molecule has 1 heterocycles. The highest BCUT2D eigenvalue weighted by atomic mass is 16.6. The van der Waals surface area contributed by atoms with Gasteiger partial charge in [0, 0.05) is 38.2 Å². The lowest BCUT2D eigenvalue weighted by molar-refractivity contribution is -0.152. The average Bonchev–Trinajstić information content (AvgIpc) is 3.68. The molecule has 2 aliphatic carbocycles. The number of Topliss-reactive ketones (excluding diaryl/α,β-unsaturated/α-hetero) is 1. The van der Waals surface area contributed by atoms with E-state index < -0.39 is 28.3 Å². The van der Waals surface area contributed by atoms with Crippen molar-refractivity contribution in [3.8, 4) is 0 Å². The number of carbonyl (C=O) groups excluding carboxylic acids is 3. The summed E-state index contributed by atoms with van der Waals surface area (Å²) in [6.45, 7) is 21.3. The smallest absolute Gasteiger partial charge is 0.306 e. The van der Waals surface area contributed by atoms with Crippen LogP contribution in [0.3, 0.4) is 0 Å². The zero-order chi connectivity index (χ0) is 42.0. The molecule has 0 aromatic rings. The largest absolute Gasteiger partial charge is 0.462 e. The van der Waals surface area contributed by atoms with E-state index in [9.17, 15) is 24.6 Å². The van der Waals surface area contributed by atoms with E-state index in [2.05, 4.69) is 26.5 Å². The molecule has 5 atom stereocenters. The molecular formula is C48H68O8. The molecule has 308 valence electrons. The number of esters is 2. The van der Waals surface area contributed by atoms with Gasteiger partial charge in [0.05, 0.1) is 17.3 Å². The van der Waals surface area contributed by atoms with E-state index >= 15 is 0 Å². The number of carbonyl (C=O) groups is 3. The highest BCUT2D eigenvalue weighted by Crippen LogP contribution is 2.67. The highest BCUT2D eigenvalue weighted by Gasteiger charge is 2.76. The van der Waals surface area contributed by atoms with Gasteiger partial charge in [-0.05, 0) is 81.9 Å². The fraction of sp³-hybridized carbons (Fsp3) is 0.583. The number of fused-ring (bicyclic) bond motifs is 1. The van der Waals surface area contributed by atoms with Crippen LogP contribution in [0.4, 0.5) is 0 Å². The van der Waals surface area contributed by atoms with Crippen LogP contribution >= 0.6 is 0 Å². The molecular weight excluding hydrogens is 705 g/mol. The molecule has 0 amide bonds. The molecule has 0 aromatic carbocycles. The van der Waals surface area contributed by atoms with E-state index in [-0.39, 0.29) is 42.3 Å². The number of aliphatic hydroxyl groups excluding tert-OH is 1. The second kappa shape index (κ2) is 19.6. The fourth-order valence-corrected chi connectivity index (χ4v) is 8.55. The Balaban J connectivity index is 1.67. The van der Waals surface area contributed by atoms with Crippen molar-refractivity contribution in [3.05, 3.63) is 100 Å². The predicted molar refractivity (Wildman–Crippen MR) is 224 cm³/mol. The Kier molecular flexibility index (Phi) is 16.3. The van der Waals surface area contributed by atoms with Crippen molar-refractivity contribution in [2.24, 2.45) is 10.8 Å². The number of rotatable bonds is 17. The second-order valence-corrected chi connectivity index (χ2v) is 17.8. The third-order valence-electron chi connectivity index (χ3n) is 11.4. The maximum absolute atomic E-state index is 13.2. The lowest BCUT2D eigenvalue weighted by Crippen LogP contribution is -2.48. The zero-order valence-corrected chi connectivity index (χ0v) is 35.9. The quantitative estimate of drug-likeness (QED) is 0.0374. The van der Waals surface area contributed by atoms with Crippen LogP contribution in [0.1, 0.15) is 134 Å². The van der Waals surface area contributed by atoms with E-state index in [1.807, 2.05) is 102 Å². The molecule has 0 spiro atoms. The fourth-order valence-electron chi connectivity index (χ4n) is 8.55. The van der Waals surface area contributed by atoms with Crippen LogP contribution in [0, 0.1) is 10.8 Å². The summed E-state index contributed by atoms with van der Waals surface area (Å²) in [7, 11) is 0. The summed E-state index contributed by atoms with van der Waals surface area (Å²) < 4.78 is 17.3. The van der Waals surface area contributed by atoms with Crippen LogP contribution < -0.4 is 0 Å². The van der Waals surface area contributed by atoms with Gasteiger partial charge in [-0.1, -0.05) is 119 Å². The van der Waals surface area contributed by atoms with Crippen molar-refractivity contribution >= 4 is 17.7 Å². The predicted octanol–water partition coefficient (Wildman–Crippen LogP) is 9.80. The first-order valence-electron chi connectivity index (χ1n) is 20.2. The van der Waals surface area contributed by atoms with Crippen LogP contribution in [0.5, 0.6) is 0 Å². The number of epoxide rings is 1. The Bertz CT molecular complexity index is 1710. The summed E-state index contributed by atoms with van der Waals surface area (Å²) in [5.74, 6) is -0.548. The van der Waals surface area contributed by atoms with Gasteiger partial charge < -0.3 is 24.4 Å². The molecule has 0 bridgehead atoms. The topological polar surface area (TPSA) is 123 Å². The Morgan fingerprint density at radius 3 is 2.04 bits per heavy atom. The Labute approximate surface area is 336 Å². The number of unbranched alkanes of at least 4 members (excludes halogenated alkanes) is 2. The minimum absolute atomic E-state index is 0.0634. The van der Waals surface area contributed by atoms with Gasteiger partial charge in [0.15, 0.2) is 5.78 Å². The van der Waals surface area contributed by atoms with Crippen LogP contribution in [-0.2, 0) is 28.6 Å². The van der Waals surface area contributed by atoms with Gasteiger partial charge in [0.2, 0.25) is 0 Å². The lowest BCUT2D eigenvalue weighted by atomic mass is 9.61. The third kappa shape index (κ3) is 12.9. The van der Waals surface area contributed by atoms with Gasteiger partial charge in [-0.2, -0.15) is 0 Å². The van der Waals surface area contributed by atoms with Gasteiger partial charge in [-0.15, -0.1) is 5.73 Å². The van der Waals surface area contributed by atoms with Gasteiger partial charge in [0.1, 0.15) is 18.3 Å². The van der Waals surface area contributed by atoms with E-state index in [1.165, 1.54) is 6.92 Å². The maximum atomic E-state index is 13.2. The lowest BCUT2D eigenvalue weighted by Gasteiger charge is -2.44. The SMILES string of the molecule is CCCCCC(=O)OC\C(C=C=C1C(C)(C)C[C@@H](OC(C)=O)C[C@]1(C)O)=C/C=C/C(C)=C/C=C/C=C(C)/C=C/C=C(\C)C(=O)C[C@]12O[C@@]1(C)C[C@H](O)CC2(C)C. The van der Waals surface area contributed by atoms with Gasteiger partial charge in [-0.25, -0.2) is 0 Å². The molecule has 3 fully saturated rings. The minimum Gasteiger partial charge on any atom is -0.462 e. The third-order valence-corrected chi connectivity index (χ3v) is 11.4. The van der Waals surface area contributed by atoms with E-state index in [0.717, 1.165) is 36.0 Å². The van der Waals surface area contributed by atoms with Crippen molar-refractivity contribution in [2.45, 2.75) is 163 Å². The second-order valence-electron chi connectivity index (χ2n) is 17.8. The van der Waals surface area contributed by atoms with Gasteiger partial charge >= 0.3 is 11.9 Å². The van der Waals surface area contributed by atoms with Crippen molar-refractivity contribution < 1.29 is 38.8 Å². The average molecular weight is 773 g/mol. The van der Waals surface area contributed by atoms with Crippen LogP contribution in [-0.4, -0.2) is 63.6 Å². The summed E-state index contributed by atoms with van der Waals surface area (Å²) in [6, 6.07) is 0. The van der Waals surface area contributed by atoms with Crippen LogP contribution in [0.15, 0.2) is 100 Å². The highest BCUT2D eigenvalue weighted by molar-refractivity contribution is 5.96. The maximum Gasteiger partial charge on any atom is 0.306 e. The molecule has 3 rings (SSSR count). The number of hydrogen-bond donors (Lipinski definition) is 2. The molecule has 56 heavy (non-hydrogen) atoms. The number of ether oxygens (including phenoxy) is 3. The Morgan fingerprint density at radius 1 is 0.839 bits per heavy atom. The van der Waals surface area contributed by atoms with Crippen LogP contribution in [0.2, 0.25) is 0 Å². The molecule has 2 N–H and O–H groups in total. The minimum atomic E-state index is -1.23. The normalized spacial score (nSPS) is 29.3. The molecule has 1 aliphatic heterocycles. The molecule has 0 unspecified atom stereocenters. The first-order chi connectivity index (χ1) is 26.1. The first kappa shape index (κ1) is 46.6. The van der Waals surface area contributed by atoms with Crippen molar-refractivity contribution in [2.75, 3.05) is 6.61 Å². The molecule has 3 aliphatic rings. The van der Waals surface area contributed by atoms with E-state index in [1.54, 1.807) is 13.0 Å². The molecule has 2 saturated carbocycles. The molecule has 1 saturated heterocycles.